The molecule has 0 saturated carbocycles. The number of carbonyl (C=O) groups excluding carboxylic acids is 1. The van der Waals surface area contributed by atoms with Crippen molar-refractivity contribution < 1.29 is 4.79 Å². The maximum Gasteiger partial charge on any atom is 0.258 e. The van der Waals surface area contributed by atoms with Gasteiger partial charge in [0.1, 0.15) is 0 Å². The minimum atomic E-state index is -0.340. The van der Waals surface area contributed by atoms with Crippen molar-refractivity contribution in [1.82, 2.24) is 5.32 Å². The number of thiocarbonyl (C=S) groups is 1. The molecule has 1 amide bonds. The molecule has 0 fully saturated rings. The summed E-state index contributed by atoms with van der Waals surface area (Å²) in [6, 6.07) is 20.7. The molecule has 0 aliphatic rings. The number of nitrogens with one attached hydrogen (secondary N) is 2. The summed E-state index contributed by atoms with van der Waals surface area (Å²) in [6.45, 7) is 0. The fourth-order valence-corrected chi connectivity index (χ4v) is 2.73. The number of halogens is 1. The van der Waals surface area contributed by atoms with Gasteiger partial charge in [-0.2, -0.15) is 0 Å². The van der Waals surface area contributed by atoms with Crippen LogP contribution in [0.2, 0.25) is 5.02 Å². The number of amides is 1. The summed E-state index contributed by atoms with van der Waals surface area (Å²) in [5.41, 5.74) is 1.23. The molecule has 0 aliphatic heterocycles. The Labute approximate surface area is 144 Å². The molecule has 0 bridgehead atoms. The van der Waals surface area contributed by atoms with Gasteiger partial charge in [0.2, 0.25) is 0 Å². The Morgan fingerprint density at radius 1 is 0.913 bits per heavy atom. The van der Waals surface area contributed by atoms with E-state index >= 15 is 0 Å². The van der Waals surface area contributed by atoms with Crippen LogP contribution in [0.4, 0.5) is 5.69 Å². The second-order valence-corrected chi connectivity index (χ2v) is 5.73. The van der Waals surface area contributed by atoms with Crippen LogP contribution in [0.5, 0.6) is 0 Å². The first kappa shape index (κ1) is 15.5. The third-order valence-corrected chi connectivity index (χ3v) is 3.92. The summed E-state index contributed by atoms with van der Waals surface area (Å²) in [5, 5.41) is 8.45. The molecule has 2 N–H and O–H groups in total. The second kappa shape index (κ2) is 6.77. The Bertz CT molecular complexity index is 890. The smallest absolute Gasteiger partial charge is 0.258 e. The Balaban J connectivity index is 1.77. The van der Waals surface area contributed by atoms with E-state index in [2.05, 4.69) is 10.6 Å². The van der Waals surface area contributed by atoms with Gasteiger partial charge < -0.3 is 5.32 Å². The second-order valence-electron chi connectivity index (χ2n) is 4.91. The Morgan fingerprint density at radius 3 is 2.43 bits per heavy atom. The van der Waals surface area contributed by atoms with E-state index in [1.54, 1.807) is 24.3 Å². The zero-order valence-corrected chi connectivity index (χ0v) is 13.6. The number of rotatable bonds is 2. The van der Waals surface area contributed by atoms with Crippen molar-refractivity contribution in [1.29, 1.82) is 0 Å². The molecule has 5 heteroatoms. The third-order valence-electron chi connectivity index (χ3n) is 3.38. The van der Waals surface area contributed by atoms with Crippen molar-refractivity contribution in [2.45, 2.75) is 0 Å². The number of fused-ring (bicyclic) bond motifs is 1. The molecule has 3 aromatic rings. The van der Waals surface area contributed by atoms with Gasteiger partial charge in [-0.3, -0.25) is 10.1 Å². The van der Waals surface area contributed by atoms with E-state index in [1.807, 2.05) is 42.5 Å². The maximum atomic E-state index is 12.2. The number of carbonyl (C=O) groups is 1. The van der Waals surface area contributed by atoms with Gasteiger partial charge >= 0.3 is 0 Å². The average molecular weight is 341 g/mol. The number of hydrogen-bond acceptors (Lipinski definition) is 2. The molecule has 23 heavy (non-hydrogen) atoms. The minimum absolute atomic E-state index is 0.228. The third kappa shape index (κ3) is 3.50. The van der Waals surface area contributed by atoms with Gasteiger partial charge in [0.15, 0.2) is 5.11 Å². The van der Waals surface area contributed by atoms with E-state index < -0.39 is 0 Å². The van der Waals surface area contributed by atoms with Crippen LogP contribution in [0.3, 0.4) is 0 Å². The van der Waals surface area contributed by atoms with Crippen molar-refractivity contribution in [2.75, 3.05) is 5.32 Å². The van der Waals surface area contributed by atoms with E-state index in [1.165, 1.54) is 0 Å². The summed E-state index contributed by atoms with van der Waals surface area (Å²) in [6.07, 6.45) is 0. The standard InChI is InChI=1S/C18H13ClN2OS/c19-15-10-4-3-9-14(15)17(22)21-18(23)20-16-11-5-7-12-6-1-2-8-13(12)16/h1-11H,(H2,20,21,22,23). The topological polar surface area (TPSA) is 41.1 Å². The highest BCUT2D eigenvalue weighted by atomic mass is 35.5. The van der Waals surface area contributed by atoms with Gasteiger partial charge in [0.25, 0.3) is 5.91 Å². The lowest BCUT2D eigenvalue weighted by Gasteiger charge is -2.12. The van der Waals surface area contributed by atoms with Crippen LogP contribution in [0, 0.1) is 0 Å². The van der Waals surface area contributed by atoms with Crippen LogP contribution < -0.4 is 10.6 Å². The molecule has 0 aromatic heterocycles. The summed E-state index contributed by atoms with van der Waals surface area (Å²) in [4.78, 5) is 12.2. The fourth-order valence-electron chi connectivity index (χ4n) is 2.30. The quantitative estimate of drug-likeness (QED) is 0.669. The first-order valence-corrected chi connectivity index (χ1v) is 7.78. The molecular weight excluding hydrogens is 328 g/mol. The zero-order valence-electron chi connectivity index (χ0n) is 12.0. The van der Waals surface area contributed by atoms with Gasteiger partial charge in [-0.1, -0.05) is 60.1 Å². The van der Waals surface area contributed by atoms with Gasteiger partial charge in [0, 0.05) is 11.1 Å². The van der Waals surface area contributed by atoms with Crippen LogP contribution in [0.15, 0.2) is 66.7 Å². The molecule has 3 nitrogen and oxygen atoms in total. The summed E-state index contributed by atoms with van der Waals surface area (Å²) in [7, 11) is 0. The van der Waals surface area contributed by atoms with E-state index in [4.69, 9.17) is 23.8 Å². The van der Waals surface area contributed by atoms with E-state index in [0.717, 1.165) is 16.5 Å². The van der Waals surface area contributed by atoms with Gasteiger partial charge in [0.05, 0.1) is 10.6 Å². The van der Waals surface area contributed by atoms with Gasteiger partial charge in [-0.15, -0.1) is 0 Å². The molecule has 3 rings (SSSR count). The molecule has 114 valence electrons. The van der Waals surface area contributed by atoms with Crippen molar-refractivity contribution in [3.63, 3.8) is 0 Å². The SMILES string of the molecule is O=C(NC(=S)Nc1cccc2ccccc12)c1ccccc1Cl. The Morgan fingerprint density at radius 2 is 1.61 bits per heavy atom. The first-order valence-electron chi connectivity index (χ1n) is 7.00. The molecule has 0 unspecified atom stereocenters. The highest BCUT2D eigenvalue weighted by Crippen LogP contribution is 2.23. The predicted molar refractivity (Wildman–Crippen MR) is 99.1 cm³/mol. The summed E-state index contributed by atoms with van der Waals surface area (Å²) < 4.78 is 0. The Kier molecular flexibility index (Phi) is 4.55. The first-order chi connectivity index (χ1) is 11.1. The van der Waals surface area contributed by atoms with Crippen LogP contribution in [0.25, 0.3) is 10.8 Å². The molecule has 0 aliphatic carbocycles. The number of benzene rings is 3. The van der Waals surface area contributed by atoms with Crippen molar-refractivity contribution in [2.24, 2.45) is 0 Å². The highest BCUT2D eigenvalue weighted by Gasteiger charge is 2.11. The van der Waals surface area contributed by atoms with Gasteiger partial charge in [-0.25, -0.2) is 0 Å². The minimum Gasteiger partial charge on any atom is -0.332 e. The lowest BCUT2D eigenvalue weighted by atomic mass is 10.1. The Hall–Kier alpha value is -2.43. The molecule has 0 spiro atoms. The highest BCUT2D eigenvalue weighted by molar-refractivity contribution is 7.80. The summed E-state index contributed by atoms with van der Waals surface area (Å²) in [5.74, 6) is -0.340. The number of hydrogen-bond donors (Lipinski definition) is 2. The zero-order chi connectivity index (χ0) is 16.2. The van der Waals surface area contributed by atoms with Crippen molar-refractivity contribution in [3.05, 3.63) is 77.3 Å². The molecule has 0 radical (unpaired) electrons. The fraction of sp³-hybridized carbons (Fsp3) is 0. The van der Waals surface area contributed by atoms with Crippen LogP contribution >= 0.6 is 23.8 Å². The molecule has 0 saturated heterocycles. The van der Waals surface area contributed by atoms with E-state index in [-0.39, 0.29) is 11.0 Å². The molecular formula is C18H13ClN2OS. The van der Waals surface area contributed by atoms with Crippen LogP contribution in [-0.4, -0.2) is 11.0 Å². The largest absolute Gasteiger partial charge is 0.332 e. The normalized spacial score (nSPS) is 10.3. The van der Waals surface area contributed by atoms with Crippen LogP contribution in [-0.2, 0) is 0 Å². The lowest BCUT2D eigenvalue weighted by molar-refractivity contribution is 0.0978. The average Bonchev–Trinajstić information content (AvgIpc) is 2.55. The predicted octanol–water partition coefficient (Wildman–Crippen LogP) is 4.62. The van der Waals surface area contributed by atoms with E-state index in [0.29, 0.717) is 10.6 Å². The molecule has 0 heterocycles. The maximum absolute atomic E-state index is 12.2. The van der Waals surface area contributed by atoms with Crippen molar-refractivity contribution >= 4 is 51.3 Å². The van der Waals surface area contributed by atoms with Gasteiger partial charge in [-0.05, 0) is 35.8 Å². The lowest BCUT2D eigenvalue weighted by Crippen LogP contribution is -2.34. The van der Waals surface area contributed by atoms with Crippen LogP contribution in [0.1, 0.15) is 10.4 Å². The monoisotopic (exact) mass is 340 g/mol. The number of anilines is 1. The summed E-state index contributed by atoms with van der Waals surface area (Å²) >= 11 is 11.2. The molecule has 3 aromatic carbocycles. The van der Waals surface area contributed by atoms with E-state index in [9.17, 15) is 4.79 Å². The molecule has 0 atom stereocenters. The van der Waals surface area contributed by atoms with Crippen molar-refractivity contribution in [3.8, 4) is 0 Å².